The molecule has 1 aliphatic heterocycles. The fraction of sp³-hybridized carbons (Fsp3) is 0.125. The van der Waals surface area contributed by atoms with Gasteiger partial charge in [-0.15, -0.1) is 0 Å². The maximum atomic E-state index is 4.05. The predicted molar refractivity (Wildman–Crippen MR) is 42.9 cm³/mol. The average Bonchev–Trinajstić information content (AvgIpc) is 2.05. The molecule has 50 valence electrons. The predicted octanol–water partition coefficient (Wildman–Crippen LogP) is 2.24. The molecule has 0 spiro atoms. The molecule has 0 amide bonds. The lowest BCUT2D eigenvalue weighted by atomic mass is 10.2. The van der Waals surface area contributed by atoms with E-state index in [9.17, 15) is 0 Å². The minimum absolute atomic E-state index is 1.04. The van der Waals surface area contributed by atoms with Crippen molar-refractivity contribution in [3.63, 3.8) is 0 Å². The highest BCUT2D eigenvalue weighted by molar-refractivity contribution is 8.02. The summed E-state index contributed by atoms with van der Waals surface area (Å²) in [5, 5.41) is 2.13. The molecule has 1 aliphatic rings. The summed E-state index contributed by atoms with van der Waals surface area (Å²) < 4.78 is 0. The van der Waals surface area contributed by atoms with E-state index in [0.29, 0.717) is 0 Å². The number of allylic oxidation sites excluding steroid dienone is 1. The Bertz CT molecular complexity index is 241. The number of rotatable bonds is 0. The Kier molecular flexibility index (Phi) is 1.47. The molecule has 1 aromatic heterocycles. The standard InChI is InChI=1S/C8H7NS/c1-2-7-6-9-4-3-8(7)10-5-1/h1,3-6H,2H2. The van der Waals surface area contributed by atoms with Crippen LogP contribution in [0.15, 0.2) is 34.8 Å². The zero-order valence-electron chi connectivity index (χ0n) is 5.45. The molecule has 2 heterocycles. The van der Waals surface area contributed by atoms with E-state index in [1.165, 1.54) is 10.5 Å². The van der Waals surface area contributed by atoms with Crippen LogP contribution in [0.4, 0.5) is 0 Å². The first-order valence-corrected chi connectivity index (χ1v) is 4.09. The van der Waals surface area contributed by atoms with Crippen LogP contribution in [-0.2, 0) is 6.42 Å². The highest BCUT2D eigenvalue weighted by Gasteiger charge is 2.02. The van der Waals surface area contributed by atoms with Gasteiger partial charge in [0.25, 0.3) is 0 Å². The number of pyridine rings is 1. The summed E-state index contributed by atoms with van der Waals surface area (Å²) in [6, 6.07) is 2.06. The van der Waals surface area contributed by atoms with Crippen molar-refractivity contribution in [3.8, 4) is 0 Å². The van der Waals surface area contributed by atoms with Crippen molar-refractivity contribution in [1.29, 1.82) is 0 Å². The fourth-order valence-corrected chi connectivity index (χ4v) is 1.75. The van der Waals surface area contributed by atoms with Crippen molar-refractivity contribution in [2.24, 2.45) is 0 Å². The molecule has 0 radical (unpaired) electrons. The van der Waals surface area contributed by atoms with Gasteiger partial charge in [-0.3, -0.25) is 4.98 Å². The molecule has 0 fully saturated rings. The number of hydrogen-bond acceptors (Lipinski definition) is 2. The van der Waals surface area contributed by atoms with Crippen LogP contribution in [0.5, 0.6) is 0 Å². The lowest BCUT2D eigenvalue weighted by Crippen LogP contribution is -1.89. The van der Waals surface area contributed by atoms with Crippen molar-refractivity contribution in [1.82, 2.24) is 4.98 Å². The molecule has 0 aliphatic carbocycles. The Balaban J connectivity index is 2.47. The van der Waals surface area contributed by atoms with Crippen molar-refractivity contribution in [2.45, 2.75) is 11.3 Å². The topological polar surface area (TPSA) is 12.9 Å². The smallest absolute Gasteiger partial charge is 0.0314 e. The molecule has 2 rings (SSSR count). The first-order valence-electron chi connectivity index (χ1n) is 3.21. The van der Waals surface area contributed by atoms with Crippen LogP contribution in [0.3, 0.4) is 0 Å². The number of thioether (sulfide) groups is 1. The zero-order chi connectivity index (χ0) is 6.81. The van der Waals surface area contributed by atoms with Gasteiger partial charge in [-0.1, -0.05) is 17.8 Å². The normalized spacial score (nSPS) is 14.8. The lowest BCUT2D eigenvalue weighted by Gasteiger charge is -2.07. The molecule has 1 aromatic rings. The molecule has 1 nitrogen and oxygen atoms in total. The summed E-state index contributed by atoms with van der Waals surface area (Å²) in [6.45, 7) is 0. The molecule has 0 saturated carbocycles. The van der Waals surface area contributed by atoms with E-state index in [0.717, 1.165) is 6.42 Å². The van der Waals surface area contributed by atoms with Gasteiger partial charge in [0, 0.05) is 17.3 Å². The summed E-state index contributed by atoms with van der Waals surface area (Å²) in [6.07, 6.45) is 6.97. The molecule has 0 N–H and O–H groups in total. The van der Waals surface area contributed by atoms with Crippen LogP contribution in [-0.4, -0.2) is 4.98 Å². The second-order valence-electron chi connectivity index (χ2n) is 2.18. The van der Waals surface area contributed by atoms with E-state index in [4.69, 9.17) is 0 Å². The molecular formula is C8H7NS. The van der Waals surface area contributed by atoms with Gasteiger partial charge in [0.05, 0.1) is 0 Å². The number of aromatic nitrogens is 1. The van der Waals surface area contributed by atoms with E-state index < -0.39 is 0 Å². The maximum absolute atomic E-state index is 4.05. The molecule has 0 saturated heterocycles. The summed E-state index contributed by atoms with van der Waals surface area (Å²) in [5.74, 6) is 0. The number of nitrogens with zero attached hydrogens (tertiary/aromatic N) is 1. The van der Waals surface area contributed by atoms with Gasteiger partial charge in [0.15, 0.2) is 0 Å². The quantitative estimate of drug-likeness (QED) is 0.561. The minimum Gasteiger partial charge on any atom is -0.264 e. The second-order valence-corrected chi connectivity index (χ2v) is 3.12. The maximum Gasteiger partial charge on any atom is 0.0314 e. The summed E-state index contributed by atoms with van der Waals surface area (Å²) in [7, 11) is 0. The molecule has 2 heteroatoms. The van der Waals surface area contributed by atoms with Gasteiger partial charge in [0.1, 0.15) is 0 Å². The third-order valence-corrected chi connectivity index (χ3v) is 2.47. The van der Waals surface area contributed by atoms with E-state index >= 15 is 0 Å². The van der Waals surface area contributed by atoms with E-state index in [1.54, 1.807) is 11.8 Å². The van der Waals surface area contributed by atoms with Crippen LogP contribution in [0.25, 0.3) is 0 Å². The second kappa shape index (κ2) is 2.46. The highest BCUT2D eigenvalue weighted by Crippen LogP contribution is 2.27. The van der Waals surface area contributed by atoms with Gasteiger partial charge in [-0.2, -0.15) is 0 Å². The van der Waals surface area contributed by atoms with Gasteiger partial charge in [-0.25, -0.2) is 0 Å². The monoisotopic (exact) mass is 149 g/mol. The van der Waals surface area contributed by atoms with Crippen LogP contribution in [0.2, 0.25) is 0 Å². The van der Waals surface area contributed by atoms with Crippen molar-refractivity contribution >= 4 is 11.8 Å². The summed E-state index contributed by atoms with van der Waals surface area (Å²) in [4.78, 5) is 5.40. The Morgan fingerprint density at radius 1 is 1.50 bits per heavy atom. The zero-order valence-corrected chi connectivity index (χ0v) is 6.27. The first kappa shape index (κ1) is 5.98. The Morgan fingerprint density at radius 2 is 2.50 bits per heavy atom. The SMILES string of the molecule is C1=CSc2ccncc2C1. The van der Waals surface area contributed by atoms with Gasteiger partial charge in [-0.05, 0) is 23.5 Å². The largest absolute Gasteiger partial charge is 0.264 e. The van der Waals surface area contributed by atoms with Crippen molar-refractivity contribution in [3.05, 3.63) is 35.5 Å². The van der Waals surface area contributed by atoms with Crippen LogP contribution in [0.1, 0.15) is 5.56 Å². The molecule has 0 bridgehead atoms. The van der Waals surface area contributed by atoms with Crippen molar-refractivity contribution < 1.29 is 0 Å². The highest BCUT2D eigenvalue weighted by atomic mass is 32.2. The molecule has 0 atom stereocenters. The van der Waals surface area contributed by atoms with Crippen LogP contribution in [0, 0.1) is 0 Å². The third-order valence-electron chi connectivity index (χ3n) is 1.49. The third kappa shape index (κ3) is 0.948. The molecule has 10 heavy (non-hydrogen) atoms. The van der Waals surface area contributed by atoms with Crippen LogP contribution >= 0.6 is 11.8 Å². The summed E-state index contributed by atoms with van der Waals surface area (Å²) in [5.41, 5.74) is 1.34. The van der Waals surface area contributed by atoms with Crippen molar-refractivity contribution in [2.75, 3.05) is 0 Å². The number of hydrogen-bond donors (Lipinski definition) is 0. The molecular weight excluding hydrogens is 142 g/mol. The first-order chi connectivity index (χ1) is 4.97. The van der Waals surface area contributed by atoms with E-state index in [-0.39, 0.29) is 0 Å². The Morgan fingerprint density at radius 3 is 3.40 bits per heavy atom. The fourth-order valence-electron chi connectivity index (χ4n) is 0.979. The Labute approximate surface area is 64.2 Å². The average molecular weight is 149 g/mol. The molecule has 0 aromatic carbocycles. The Hall–Kier alpha value is -0.760. The molecule has 0 unspecified atom stereocenters. The minimum atomic E-state index is 1.04. The number of fused-ring (bicyclic) bond motifs is 1. The lowest BCUT2D eigenvalue weighted by molar-refractivity contribution is 1.11. The van der Waals surface area contributed by atoms with E-state index in [2.05, 4.69) is 22.5 Å². The van der Waals surface area contributed by atoms with Crippen LogP contribution < -0.4 is 0 Å². The van der Waals surface area contributed by atoms with Gasteiger partial charge < -0.3 is 0 Å². The van der Waals surface area contributed by atoms with E-state index in [1.807, 2.05) is 12.4 Å². The van der Waals surface area contributed by atoms with Gasteiger partial charge >= 0.3 is 0 Å². The van der Waals surface area contributed by atoms with Gasteiger partial charge in [0.2, 0.25) is 0 Å². The summed E-state index contributed by atoms with van der Waals surface area (Å²) >= 11 is 1.77.